The van der Waals surface area contributed by atoms with Crippen molar-refractivity contribution in [3.8, 4) is 22.6 Å². The summed E-state index contributed by atoms with van der Waals surface area (Å²) in [7, 11) is 1.60. The first-order chi connectivity index (χ1) is 22.1. The van der Waals surface area contributed by atoms with Gasteiger partial charge in [-0.1, -0.05) is 71.9 Å². The Bertz CT molecular complexity index is 1610. The molecule has 4 aliphatic carbocycles. The molecule has 0 bridgehead atoms. The molecular formula is C38H49NO8. The van der Waals surface area contributed by atoms with Gasteiger partial charge in [0, 0.05) is 11.0 Å². The van der Waals surface area contributed by atoms with Crippen LogP contribution >= 0.6 is 0 Å². The summed E-state index contributed by atoms with van der Waals surface area (Å²) >= 11 is 0. The van der Waals surface area contributed by atoms with Crippen LogP contribution in [0.15, 0.2) is 30.3 Å². The zero-order valence-corrected chi connectivity index (χ0v) is 28.1. The maximum absolute atomic E-state index is 14.6. The van der Waals surface area contributed by atoms with Crippen LogP contribution in [0.5, 0.6) is 11.5 Å². The second-order valence-corrected chi connectivity index (χ2v) is 15.7. The monoisotopic (exact) mass is 647 g/mol. The summed E-state index contributed by atoms with van der Waals surface area (Å²) in [5, 5.41) is 47.0. The Morgan fingerprint density at radius 3 is 2.34 bits per heavy atom. The first-order valence-corrected chi connectivity index (χ1v) is 17.1. The van der Waals surface area contributed by atoms with E-state index < -0.39 is 63.9 Å². The van der Waals surface area contributed by atoms with E-state index in [1.165, 1.54) is 43.7 Å². The largest absolute Gasteiger partial charge is 0.507 e. The molecule has 6 rings (SSSR count). The summed E-state index contributed by atoms with van der Waals surface area (Å²) in [4.78, 5) is 41.0. The van der Waals surface area contributed by atoms with Crippen molar-refractivity contribution in [3.05, 3.63) is 47.0 Å². The van der Waals surface area contributed by atoms with Crippen LogP contribution in [0.3, 0.4) is 0 Å². The lowest BCUT2D eigenvalue weighted by molar-refractivity contribution is -0.265. The molecule has 2 aromatic carbocycles. The summed E-state index contributed by atoms with van der Waals surface area (Å²) in [6.45, 7) is 7.20. The zero-order chi connectivity index (χ0) is 34.2. The maximum Gasteiger partial charge on any atom is 0.230 e. The molecule has 0 saturated heterocycles. The lowest BCUT2D eigenvalue weighted by atomic mass is 9.39. The molecule has 6 N–H and O–H groups in total. The van der Waals surface area contributed by atoms with Gasteiger partial charge in [0.25, 0.3) is 0 Å². The molecule has 0 spiro atoms. The van der Waals surface area contributed by atoms with Crippen LogP contribution in [0, 0.1) is 40.4 Å². The number of ketones is 2. The average molecular weight is 648 g/mol. The number of aliphatic hydroxyl groups excluding tert-OH is 2. The van der Waals surface area contributed by atoms with Gasteiger partial charge in [-0.3, -0.25) is 14.4 Å². The van der Waals surface area contributed by atoms with Gasteiger partial charge in [-0.05, 0) is 77.3 Å². The third-order valence-electron chi connectivity index (χ3n) is 12.5. The molecule has 9 heteroatoms. The van der Waals surface area contributed by atoms with Gasteiger partial charge in [0.15, 0.2) is 17.2 Å². The Balaban J connectivity index is 1.50. The van der Waals surface area contributed by atoms with E-state index in [4.69, 9.17) is 10.5 Å². The third kappa shape index (κ3) is 4.86. The van der Waals surface area contributed by atoms with E-state index in [2.05, 4.69) is 12.1 Å². The smallest absolute Gasteiger partial charge is 0.230 e. The maximum atomic E-state index is 14.6. The molecule has 254 valence electrons. The van der Waals surface area contributed by atoms with E-state index in [0.29, 0.717) is 17.2 Å². The minimum Gasteiger partial charge on any atom is -0.507 e. The number of aliphatic hydroxyl groups is 3. The van der Waals surface area contributed by atoms with Crippen LogP contribution in [0.4, 0.5) is 0 Å². The average Bonchev–Trinajstić information content (AvgIpc) is 2.99. The summed E-state index contributed by atoms with van der Waals surface area (Å²) in [5.41, 5.74) is 4.01. The van der Waals surface area contributed by atoms with Gasteiger partial charge < -0.3 is 30.9 Å². The number of ether oxygens (including phenoxy) is 1. The molecule has 0 radical (unpaired) electrons. The molecule has 3 saturated carbocycles. The molecule has 0 aliphatic heterocycles. The second-order valence-electron chi connectivity index (χ2n) is 15.7. The van der Waals surface area contributed by atoms with Crippen LogP contribution in [-0.4, -0.2) is 62.8 Å². The highest BCUT2D eigenvalue weighted by Crippen LogP contribution is 2.66. The number of methoxy groups -OCH3 is 1. The van der Waals surface area contributed by atoms with Crippen LogP contribution in [-0.2, 0) is 22.4 Å². The Kier molecular flexibility index (Phi) is 8.37. The zero-order valence-electron chi connectivity index (χ0n) is 28.1. The molecule has 2 aromatic rings. The van der Waals surface area contributed by atoms with Gasteiger partial charge in [0.05, 0.1) is 24.7 Å². The number of amides is 1. The lowest BCUT2D eigenvalue weighted by Gasteiger charge is -2.66. The van der Waals surface area contributed by atoms with Crippen molar-refractivity contribution >= 4 is 17.5 Å². The van der Waals surface area contributed by atoms with Crippen molar-refractivity contribution in [2.75, 3.05) is 7.11 Å². The fourth-order valence-electron chi connectivity index (χ4n) is 10.6. The molecule has 4 aliphatic rings. The Morgan fingerprint density at radius 2 is 1.72 bits per heavy atom. The molecule has 0 heterocycles. The first-order valence-electron chi connectivity index (χ1n) is 17.1. The van der Waals surface area contributed by atoms with Crippen molar-refractivity contribution in [3.63, 3.8) is 0 Å². The second kappa shape index (κ2) is 11.7. The van der Waals surface area contributed by atoms with Crippen molar-refractivity contribution in [1.82, 2.24) is 0 Å². The number of carbonyl (C=O) groups excluding carboxylic acids is 3. The highest BCUT2D eigenvalue weighted by atomic mass is 16.5. The number of fused-ring (bicyclic) bond motifs is 3. The Labute approximate surface area is 276 Å². The van der Waals surface area contributed by atoms with Crippen LogP contribution < -0.4 is 10.5 Å². The van der Waals surface area contributed by atoms with E-state index in [-0.39, 0.29) is 30.1 Å². The number of phenols is 1. The van der Waals surface area contributed by atoms with Crippen molar-refractivity contribution in [2.24, 2.45) is 46.2 Å². The fourth-order valence-corrected chi connectivity index (χ4v) is 10.6. The topological polar surface area (TPSA) is 167 Å². The number of primary amides is 1. The van der Waals surface area contributed by atoms with E-state index in [1.807, 2.05) is 26.8 Å². The fraction of sp³-hybridized carbons (Fsp3) is 0.605. The van der Waals surface area contributed by atoms with Crippen molar-refractivity contribution < 1.29 is 39.5 Å². The summed E-state index contributed by atoms with van der Waals surface area (Å²) in [5.74, 6) is -5.86. The molecule has 9 nitrogen and oxygen atoms in total. The van der Waals surface area contributed by atoms with Gasteiger partial charge in [-0.2, -0.15) is 0 Å². The van der Waals surface area contributed by atoms with Gasteiger partial charge >= 0.3 is 0 Å². The number of phenolic OH excluding ortho intramolecular Hbond substituents is 1. The van der Waals surface area contributed by atoms with Crippen LogP contribution in [0.1, 0.15) is 87.7 Å². The van der Waals surface area contributed by atoms with Gasteiger partial charge in [-0.15, -0.1) is 0 Å². The Hall–Kier alpha value is -3.27. The number of hydrogen-bond acceptors (Lipinski definition) is 8. The minimum atomic E-state index is -2.54. The standard InChI is InChI=1S/C38H49NO8/c1-19(2)29-32(42)28(35(39)45)33(43)38(46)34(44)30-31(41)27-24(17-36(30,3)18-37(29,38)4)22(12-13-25(27)40)23-16-21(11-14-26(23)47-5)15-20-9-7-6-8-10-20/h11-14,16,19-20,28-30,32,34,40,42,44,46H,6-10,15,17-18H2,1-5H3,(H2,39,45)/t28-,29+,30-,32?,34?,36-,37-,38+/m1/s1. The third-order valence-corrected chi connectivity index (χ3v) is 12.5. The number of hydrogen-bond donors (Lipinski definition) is 5. The number of carbonyl (C=O) groups is 3. The van der Waals surface area contributed by atoms with Crippen molar-refractivity contribution in [1.29, 1.82) is 0 Å². The predicted octanol–water partition coefficient (Wildman–Crippen LogP) is 4.37. The first kappa shape index (κ1) is 33.6. The molecular weight excluding hydrogens is 598 g/mol. The number of Topliss-reactive ketones (excluding diaryl/α,β-unsaturated/α-hetero) is 2. The lowest BCUT2D eigenvalue weighted by Crippen LogP contribution is -2.79. The molecule has 47 heavy (non-hydrogen) atoms. The summed E-state index contributed by atoms with van der Waals surface area (Å²) in [6.07, 6.45) is 4.06. The molecule has 1 amide bonds. The van der Waals surface area contributed by atoms with E-state index in [1.54, 1.807) is 20.1 Å². The minimum absolute atomic E-state index is 0.0473. The number of aromatic hydroxyl groups is 1. The van der Waals surface area contributed by atoms with E-state index >= 15 is 0 Å². The number of benzene rings is 2. The van der Waals surface area contributed by atoms with Gasteiger partial charge in [0.2, 0.25) is 5.91 Å². The quantitative estimate of drug-likeness (QED) is 0.288. The van der Waals surface area contributed by atoms with E-state index in [9.17, 15) is 34.8 Å². The highest BCUT2D eigenvalue weighted by Gasteiger charge is 2.76. The molecule has 3 fully saturated rings. The number of rotatable bonds is 6. The summed E-state index contributed by atoms with van der Waals surface area (Å²) in [6, 6.07) is 9.42. The van der Waals surface area contributed by atoms with E-state index in [0.717, 1.165) is 17.5 Å². The van der Waals surface area contributed by atoms with Gasteiger partial charge in [-0.25, -0.2) is 0 Å². The summed E-state index contributed by atoms with van der Waals surface area (Å²) < 4.78 is 5.81. The predicted molar refractivity (Wildman–Crippen MR) is 176 cm³/mol. The Morgan fingerprint density at radius 1 is 1.04 bits per heavy atom. The van der Waals surface area contributed by atoms with Crippen molar-refractivity contribution in [2.45, 2.75) is 96.9 Å². The number of nitrogens with two attached hydrogens (primary N) is 1. The van der Waals surface area contributed by atoms with Gasteiger partial charge in [0.1, 0.15) is 23.5 Å². The highest BCUT2D eigenvalue weighted by molar-refractivity contribution is 6.09. The van der Waals surface area contributed by atoms with Crippen LogP contribution in [0.25, 0.3) is 11.1 Å². The molecule has 2 unspecified atom stereocenters. The normalized spacial score (nSPS) is 35.6. The SMILES string of the molecule is COc1ccc(CC2CCCCC2)cc1-c1ccc(O)c2c1C[C@]1(C)C[C@]3(C)[C@@H](C(C)C)C(O)[C@@H](C(N)=O)C(=O)[C@]3(O)C(O)[C@H]1C2=O. The molecule has 8 atom stereocenters. The van der Waals surface area contributed by atoms with Crippen LogP contribution in [0.2, 0.25) is 0 Å². The molecule has 0 aromatic heterocycles.